The Kier molecular flexibility index (Phi) is 13.8. The van der Waals surface area contributed by atoms with E-state index in [0.29, 0.717) is 41.3 Å². The number of carbonyl (C=O) groups is 5. The largest absolute Gasteiger partial charge is 0.497 e. The monoisotopic (exact) mass is 777 g/mol. The van der Waals surface area contributed by atoms with Crippen molar-refractivity contribution in [1.29, 1.82) is 0 Å². The second-order valence-electron chi connectivity index (χ2n) is 15.0. The quantitative estimate of drug-likeness (QED) is 0.240. The first-order valence-electron chi connectivity index (χ1n) is 18.7. The van der Waals surface area contributed by atoms with Crippen LogP contribution in [0.3, 0.4) is 0 Å². The van der Waals surface area contributed by atoms with Gasteiger partial charge in [-0.25, -0.2) is 0 Å². The van der Waals surface area contributed by atoms with E-state index in [9.17, 15) is 24.0 Å². The summed E-state index contributed by atoms with van der Waals surface area (Å²) in [4.78, 5) is 70.7. The molecular weight excluding hydrogens is 726 g/mol. The molecule has 3 aliphatic rings. The fraction of sp³-hybridized carbons (Fsp3) is 0.500. The van der Waals surface area contributed by atoms with Crippen LogP contribution in [0.5, 0.6) is 11.5 Å². The standard InChI is InChI=1S/C40H52ClN7O7/c1-23(2)17-29-22-55-31-15-11-27(12-16-31)19-33(45-39(52)36-35(41)25(4)47(5)46-36)38(51)44-32(18-26-9-13-30(54-6)14-10-26)37(50)42-24(3)40(53)48(20-28-7-8-28)21-34(49)43-29/h9-16,23-24,28-29,32-33H,7-8,17-22H2,1-6H3,(H,42,50)(H,43,49)(H,44,51)(H,45,52)/t24-,29+,32+,33+/m1/s1. The maximum atomic E-state index is 14.2. The van der Waals surface area contributed by atoms with Gasteiger partial charge in [0.25, 0.3) is 5.91 Å². The molecule has 0 saturated heterocycles. The third kappa shape index (κ3) is 11.5. The number of benzene rings is 2. The molecule has 2 aromatic carbocycles. The fourth-order valence-corrected chi connectivity index (χ4v) is 6.72. The van der Waals surface area contributed by atoms with E-state index in [1.807, 2.05) is 0 Å². The molecule has 0 spiro atoms. The highest BCUT2D eigenvalue weighted by molar-refractivity contribution is 6.34. The zero-order valence-electron chi connectivity index (χ0n) is 32.3. The normalized spacial score (nSPS) is 21.7. The molecule has 6 rings (SSSR count). The molecule has 1 fully saturated rings. The highest BCUT2D eigenvalue weighted by Crippen LogP contribution is 2.30. The number of hydrogen-bond acceptors (Lipinski definition) is 8. The summed E-state index contributed by atoms with van der Waals surface area (Å²) in [5.41, 5.74) is 1.95. The first-order valence-corrected chi connectivity index (χ1v) is 19.1. The van der Waals surface area contributed by atoms with Crippen LogP contribution in [0.4, 0.5) is 0 Å². The van der Waals surface area contributed by atoms with Crippen molar-refractivity contribution < 1.29 is 33.4 Å². The van der Waals surface area contributed by atoms with Crippen LogP contribution in [0.1, 0.15) is 67.3 Å². The first-order chi connectivity index (χ1) is 26.2. The summed E-state index contributed by atoms with van der Waals surface area (Å²) in [6.45, 7) is 7.82. The van der Waals surface area contributed by atoms with Gasteiger partial charge < -0.3 is 35.6 Å². The molecule has 14 nitrogen and oxygen atoms in total. The topological polar surface area (TPSA) is 173 Å². The smallest absolute Gasteiger partial charge is 0.274 e. The summed E-state index contributed by atoms with van der Waals surface area (Å²) >= 11 is 6.44. The van der Waals surface area contributed by atoms with E-state index in [2.05, 4.69) is 40.2 Å². The Labute approximate surface area is 327 Å². The van der Waals surface area contributed by atoms with Gasteiger partial charge in [0, 0.05) is 26.4 Å². The van der Waals surface area contributed by atoms with Gasteiger partial charge in [0.2, 0.25) is 23.6 Å². The summed E-state index contributed by atoms with van der Waals surface area (Å²) in [7, 11) is 3.21. The van der Waals surface area contributed by atoms with E-state index in [4.69, 9.17) is 21.1 Å². The number of amides is 5. The number of ether oxygens (including phenoxy) is 2. The lowest BCUT2D eigenvalue weighted by Crippen LogP contribution is -2.58. The maximum absolute atomic E-state index is 14.2. The van der Waals surface area contributed by atoms with Crippen molar-refractivity contribution in [1.82, 2.24) is 35.9 Å². The molecule has 0 unspecified atom stereocenters. The van der Waals surface area contributed by atoms with E-state index in [0.717, 1.165) is 12.8 Å². The maximum Gasteiger partial charge on any atom is 0.274 e. The SMILES string of the molecule is COc1ccc(C[C@@H]2NC(=O)[C@@H](NC(=O)c3nn(C)c(C)c3Cl)Cc3ccc(cc3)OC[C@H](CC(C)C)NC(=O)CN(CC3CC3)C(=O)[C@@H](C)NC2=O)cc1. The Hall–Kier alpha value is -5.11. The Morgan fingerprint density at radius 2 is 1.71 bits per heavy atom. The second kappa shape index (κ2) is 18.5. The summed E-state index contributed by atoms with van der Waals surface area (Å²) in [6.07, 6.45) is 2.67. The van der Waals surface area contributed by atoms with Gasteiger partial charge in [0.1, 0.15) is 36.2 Å². The number of aromatic nitrogens is 2. The van der Waals surface area contributed by atoms with Gasteiger partial charge in [-0.2, -0.15) is 5.10 Å². The second-order valence-corrected chi connectivity index (χ2v) is 15.3. The number of fused-ring (bicyclic) bond motifs is 17. The number of rotatable bonds is 9. The van der Waals surface area contributed by atoms with E-state index in [1.54, 1.807) is 76.5 Å². The number of nitrogens with zero attached hydrogens (tertiary/aromatic N) is 3. The van der Waals surface area contributed by atoms with Gasteiger partial charge in [0.15, 0.2) is 5.69 Å². The zero-order chi connectivity index (χ0) is 39.8. The van der Waals surface area contributed by atoms with Crippen molar-refractivity contribution in [2.24, 2.45) is 18.9 Å². The average molecular weight is 778 g/mol. The van der Waals surface area contributed by atoms with Crippen LogP contribution in [0.25, 0.3) is 0 Å². The average Bonchev–Trinajstić information content (AvgIpc) is 3.94. The van der Waals surface area contributed by atoms with Crippen molar-refractivity contribution in [3.8, 4) is 11.5 Å². The van der Waals surface area contributed by atoms with Crippen molar-refractivity contribution in [2.75, 3.05) is 26.8 Å². The number of hydrogen-bond donors (Lipinski definition) is 4. The minimum atomic E-state index is -1.16. The molecule has 4 N–H and O–H groups in total. The van der Waals surface area contributed by atoms with Crippen LogP contribution in [0.15, 0.2) is 48.5 Å². The number of nitrogens with one attached hydrogen (secondary N) is 4. The summed E-state index contributed by atoms with van der Waals surface area (Å²) < 4.78 is 12.9. The van der Waals surface area contributed by atoms with Gasteiger partial charge in [-0.05, 0) is 80.3 Å². The first kappa shape index (κ1) is 41.1. The lowest BCUT2D eigenvalue weighted by Gasteiger charge is -2.29. The van der Waals surface area contributed by atoms with Crippen LogP contribution < -0.4 is 30.7 Å². The van der Waals surface area contributed by atoms with E-state index in [-0.39, 0.29) is 60.5 Å². The van der Waals surface area contributed by atoms with Crippen molar-refractivity contribution >= 4 is 41.1 Å². The van der Waals surface area contributed by atoms with Gasteiger partial charge >= 0.3 is 0 Å². The fourth-order valence-electron chi connectivity index (χ4n) is 6.47. The summed E-state index contributed by atoms with van der Waals surface area (Å²) in [5.74, 6) is -0.923. The molecule has 1 aliphatic carbocycles. The van der Waals surface area contributed by atoms with Crippen molar-refractivity contribution in [2.45, 2.75) is 84.0 Å². The number of halogens is 1. The molecule has 5 amide bonds. The van der Waals surface area contributed by atoms with Crippen LogP contribution in [0.2, 0.25) is 5.02 Å². The van der Waals surface area contributed by atoms with E-state index >= 15 is 0 Å². The Morgan fingerprint density at radius 1 is 1.02 bits per heavy atom. The molecule has 1 saturated carbocycles. The number of carbonyl (C=O) groups excluding carboxylic acids is 5. The predicted molar refractivity (Wildman–Crippen MR) is 207 cm³/mol. The molecule has 2 bridgehead atoms. The highest BCUT2D eigenvalue weighted by atomic mass is 35.5. The summed E-state index contributed by atoms with van der Waals surface area (Å²) in [6, 6.07) is 10.5. The Balaban J connectivity index is 1.49. The van der Waals surface area contributed by atoms with Gasteiger partial charge in [-0.3, -0.25) is 28.7 Å². The minimum absolute atomic E-state index is 0.0386. The molecule has 15 heteroatoms. The van der Waals surface area contributed by atoms with Crippen LogP contribution in [-0.2, 0) is 39.1 Å². The lowest BCUT2D eigenvalue weighted by molar-refractivity contribution is -0.140. The van der Waals surface area contributed by atoms with Crippen LogP contribution >= 0.6 is 11.6 Å². The zero-order valence-corrected chi connectivity index (χ0v) is 33.1. The molecule has 3 aromatic rings. The van der Waals surface area contributed by atoms with E-state index in [1.165, 1.54) is 9.58 Å². The molecule has 0 radical (unpaired) electrons. The molecule has 55 heavy (non-hydrogen) atoms. The van der Waals surface area contributed by atoms with Crippen molar-refractivity contribution in [3.05, 3.63) is 76.1 Å². The molecule has 3 heterocycles. The van der Waals surface area contributed by atoms with Gasteiger partial charge in [-0.1, -0.05) is 49.7 Å². The molecule has 4 atom stereocenters. The number of methoxy groups -OCH3 is 1. The predicted octanol–water partition coefficient (Wildman–Crippen LogP) is 3.13. The molecule has 1 aromatic heterocycles. The van der Waals surface area contributed by atoms with Gasteiger partial charge in [-0.15, -0.1) is 0 Å². The molecule has 2 aliphatic heterocycles. The van der Waals surface area contributed by atoms with Crippen LogP contribution in [0, 0.1) is 18.8 Å². The highest BCUT2D eigenvalue weighted by Gasteiger charge is 2.34. The number of aryl methyl sites for hydroxylation is 1. The third-order valence-electron chi connectivity index (χ3n) is 9.82. The van der Waals surface area contributed by atoms with Crippen LogP contribution in [-0.4, -0.2) is 95.2 Å². The lowest BCUT2D eigenvalue weighted by atomic mass is 10.0. The van der Waals surface area contributed by atoms with E-state index < -0.39 is 41.8 Å². The van der Waals surface area contributed by atoms with Gasteiger partial charge in [0.05, 0.1) is 30.4 Å². The Morgan fingerprint density at radius 3 is 2.31 bits per heavy atom. The minimum Gasteiger partial charge on any atom is -0.497 e. The Bertz CT molecular complexity index is 1840. The summed E-state index contributed by atoms with van der Waals surface area (Å²) in [5, 5.41) is 15.9. The third-order valence-corrected chi connectivity index (χ3v) is 10.3. The van der Waals surface area contributed by atoms with Crippen molar-refractivity contribution in [3.63, 3.8) is 0 Å². The molecular formula is C40H52ClN7O7. The molecule has 296 valence electrons.